The number of anilines is 1. The molecule has 0 unspecified atom stereocenters. The number of hydrogen-bond acceptors (Lipinski definition) is 8. The highest BCUT2D eigenvalue weighted by molar-refractivity contribution is 7.98. The Morgan fingerprint density at radius 2 is 2.07 bits per heavy atom. The van der Waals surface area contributed by atoms with Crippen LogP contribution in [-0.4, -0.2) is 33.7 Å². The van der Waals surface area contributed by atoms with Crippen molar-refractivity contribution in [2.45, 2.75) is 11.4 Å². The summed E-state index contributed by atoms with van der Waals surface area (Å²) in [6.45, 7) is 0. The molecule has 0 radical (unpaired) electrons. The summed E-state index contributed by atoms with van der Waals surface area (Å²) in [5.74, 6) is 0.497. The first-order valence-corrected chi connectivity index (χ1v) is 9.58. The average molecular weight is 403 g/mol. The topological polar surface area (TPSA) is 89.4 Å². The molecule has 0 amide bonds. The van der Waals surface area contributed by atoms with E-state index in [4.69, 9.17) is 21.1 Å². The largest absolute Gasteiger partial charge is 0.503 e. The Balaban J connectivity index is 1.86. The Labute approximate surface area is 164 Å². The van der Waals surface area contributed by atoms with Crippen molar-refractivity contribution in [2.24, 2.45) is 0 Å². The highest BCUT2D eigenvalue weighted by Gasteiger charge is 2.27. The van der Waals surface area contributed by atoms with Crippen LogP contribution in [0, 0.1) is 0 Å². The molecule has 2 aromatic carbocycles. The van der Waals surface area contributed by atoms with Gasteiger partial charge in [0.15, 0.2) is 23.4 Å². The Hall–Kier alpha value is -2.71. The standard InChI is InChI=1S/C18H15ClN4O3S/c1-25-13-8-9(7-11(19)15(13)24)16-20-12-6-4-3-5-10(12)14-17(26-16)21-18(27-2)23-22-14/h3-8,16,20,24H,1-2H3/t16-/m0/s1. The van der Waals surface area contributed by atoms with Crippen molar-refractivity contribution in [1.29, 1.82) is 0 Å². The van der Waals surface area contributed by atoms with Gasteiger partial charge in [-0.3, -0.25) is 0 Å². The number of thioether (sulfide) groups is 1. The van der Waals surface area contributed by atoms with Crippen LogP contribution in [0.1, 0.15) is 11.8 Å². The predicted molar refractivity (Wildman–Crippen MR) is 104 cm³/mol. The van der Waals surface area contributed by atoms with Crippen molar-refractivity contribution in [3.05, 3.63) is 47.0 Å². The first-order valence-electron chi connectivity index (χ1n) is 7.98. The lowest BCUT2D eigenvalue weighted by Gasteiger charge is -2.20. The molecule has 9 heteroatoms. The number of phenolic OH excluding ortho intramolecular Hbond substituents is 1. The molecule has 7 nitrogen and oxygen atoms in total. The molecule has 1 aromatic heterocycles. The molecule has 1 aliphatic heterocycles. The first kappa shape index (κ1) is 17.7. The molecule has 0 fully saturated rings. The van der Waals surface area contributed by atoms with Gasteiger partial charge in [0.25, 0.3) is 0 Å². The van der Waals surface area contributed by atoms with Crippen LogP contribution in [-0.2, 0) is 0 Å². The maximum Gasteiger partial charge on any atom is 0.247 e. The number of phenols is 1. The second-order valence-corrected chi connectivity index (χ2v) is 6.87. The fourth-order valence-corrected chi connectivity index (χ4v) is 3.30. The highest BCUT2D eigenvalue weighted by atomic mass is 35.5. The van der Waals surface area contributed by atoms with Gasteiger partial charge >= 0.3 is 0 Å². The maximum atomic E-state index is 10.0. The van der Waals surface area contributed by atoms with E-state index < -0.39 is 6.23 Å². The van der Waals surface area contributed by atoms with Crippen LogP contribution in [0.4, 0.5) is 5.69 Å². The number of halogens is 1. The number of aromatic nitrogens is 3. The molecule has 0 saturated carbocycles. The Morgan fingerprint density at radius 3 is 2.85 bits per heavy atom. The van der Waals surface area contributed by atoms with Crippen molar-refractivity contribution >= 4 is 29.1 Å². The second kappa shape index (κ2) is 7.13. The Morgan fingerprint density at radius 1 is 1.26 bits per heavy atom. The molecule has 138 valence electrons. The highest BCUT2D eigenvalue weighted by Crippen LogP contribution is 2.42. The van der Waals surface area contributed by atoms with Gasteiger partial charge in [-0.25, -0.2) is 0 Å². The molecular weight excluding hydrogens is 388 g/mol. The summed E-state index contributed by atoms with van der Waals surface area (Å²) < 4.78 is 11.3. The summed E-state index contributed by atoms with van der Waals surface area (Å²) in [6.07, 6.45) is 1.25. The van der Waals surface area contributed by atoms with Gasteiger partial charge in [0.2, 0.25) is 11.0 Å². The molecule has 0 aliphatic carbocycles. The summed E-state index contributed by atoms with van der Waals surface area (Å²) in [7, 11) is 1.46. The van der Waals surface area contributed by atoms with E-state index in [-0.39, 0.29) is 16.5 Å². The monoisotopic (exact) mass is 402 g/mol. The van der Waals surface area contributed by atoms with Gasteiger partial charge in [-0.1, -0.05) is 41.6 Å². The molecule has 4 rings (SSSR count). The third-order valence-electron chi connectivity index (χ3n) is 4.09. The number of nitrogens with one attached hydrogen (secondary N) is 1. The van der Waals surface area contributed by atoms with E-state index in [2.05, 4.69) is 20.5 Å². The fraction of sp³-hybridized carbons (Fsp3) is 0.167. The minimum Gasteiger partial charge on any atom is -0.503 e. The maximum absolute atomic E-state index is 10.0. The third kappa shape index (κ3) is 3.22. The zero-order chi connectivity index (χ0) is 19.0. The molecule has 2 N–H and O–H groups in total. The smallest absolute Gasteiger partial charge is 0.247 e. The molecule has 3 aromatic rings. The zero-order valence-corrected chi connectivity index (χ0v) is 16.0. The average Bonchev–Trinajstić information content (AvgIpc) is 2.86. The van der Waals surface area contributed by atoms with Crippen LogP contribution in [0.3, 0.4) is 0 Å². The lowest BCUT2D eigenvalue weighted by Crippen LogP contribution is -2.17. The first-order chi connectivity index (χ1) is 13.1. The van der Waals surface area contributed by atoms with Gasteiger partial charge in [-0.15, -0.1) is 10.2 Å². The van der Waals surface area contributed by atoms with E-state index in [1.807, 2.05) is 30.5 Å². The summed E-state index contributed by atoms with van der Waals surface area (Å²) in [6, 6.07) is 11.0. The quantitative estimate of drug-likeness (QED) is 0.632. The lowest BCUT2D eigenvalue weighted by molar-refractivity contribution is 0.224. The molecule has 0 spiro atoms. The van der Waals surface area contributed by atoms with Crippen LogP contribution < -0.4 is 14.8 Å². The number of para-hydroxylation sites is 1. The number of rotatable bonds is 3. The Kier molecular flexibility index (Phi) is 4.67. The number of nitrogens with zero attached hydrogens (tertiary/aromatic N) is 3. The van der Waals surface area contributed by atoms with Gasteiger partial charge in [0.1, 0.15) is 0 Å². The van der Waals surface area contributed by atoms with Gasteiger partial charge in [0.05, 0.1) is 12.1 Å². The molecule has 1 aliphatic rings. The SMILES string of the molecule is COc1cc([C@H]2Nc3ccccc3-c3nnc(SC)nc3O2)cc(Cl)c1O. The van der Waals surface area contributed by atoms with Gasteiger partial charge in [-0.2, -0.15) is 4.98 Å². The van der Waals surface area contributed by atoms with Crippen molar-refractivity contribution in [1.82, 2.24) is 15.2 Å². The fourth-order valence-electron chi connectivity index (χ4n) is 2.79. The molecule has 0 bridgehead atoms. The number of aromatic hydroxyl groups is 1. The zero-order valence-electron chi connectivity index (χ0n) is 14.4. The van der Waals surface area contributed by atoms with Gasteiger partial charge in [-0.05, 0) is 24.5 Å². The van der Waals surface area contributed by atoms with E-state index in [0.29, 0.717) is 22.3 Å². The Bertz CT molecular complexity index is 1020. The normalized spacial score (nSPS) is 15.0. The third-order valence-corrected chi connectivity index (χ3v) is 4.92. The van der Waals surface area contributed by atoms with Crippen LogP contribution in [0.5, 0.6) is 17.4 Å². The van der Waals surface area contributed by atoms with Crippen molar-refractivity contribution < 1.29 is 14.6 Å². The number of benzene rings is 2. The van der Waals surface area contributed by atoms with Gasteiger partial charge in [0, 0.05) is 16.8 Å². The van der Waals surface area contributed by atoms with E-state index in [0.717, 1.165) is 11.3 Å². The van der Waals surface area contributed by atoms with E-state index >= 15 is 0 Å². The molecule has 0 saturated heterocycles. The summed E-state index contributed by atoms with van der Waals surface area (Å²) >= 11 is 7.53. The molecule has 2 heterocycles. The number of hydrogen-bond donors (Lipinski definition) is 2. The summed E-state index contributed by atoms with van der Waals surface area (Å²) in [4.78, 5) is 4.46. The number of ether oxygens (including phenoxy) is 2. The second-order valence-electron chi connectivity index (χ2n) is 5.69. The predicted octanol–water partition coefficient (Wildman–Crippen LogP) is 4.13. The minimum absolute atomic E-state index is 0.119. The van der Waals surface area contributed by atoms with Crippen LogP contribution in [0.2, 0.25) is 5.02 Å². The number of fused-ring (bicyclic) bond motifs is 3. The van der Waals surface area contributed by atoms with Crippen LogP contribution in [0.25, 0.3) is 11.3 Å². The van der Waals surface area contributed by atoms with Crippen LogP contribution >= 0.6 is 23.4 Å². The van der Waals surface area contributed by atoms with E-state index in [1.165, 1.54) is 18.9 Å². The van der Waals surface area contributed by atoms with Gasteiger partial charge < -0.3 is 19.9 Å². The van der Waals surface area contributed by atoms with E-state index in [1.54, 1.807) is 12.1 Å². The van der Waals surface area contributed by atoms with E-state index in [9.17, 15) is 5.11 Å². The lowest BCUT2D eigenvalue weighted by atomic mass is 10.1. The van der Waals surface area contributed by atoms with Crippen molar-refractivity contribution in [3.63, 3.8) is 0 Å². The summed E-state index contributed by atoms with van der Waals surface area (Å²) in [5, 5.41) is 22.4. The minimum atomic E-state index is -0.620. The molecular formula is C18H15ClN4O3S. The van der Waals surface area contributed by atoms with Crippen molar-refractivity contribution in [3.8, 4) is 28.6 Å². The van der Waals surface area contributed by atoms with Crippen LogP contribution in [0.15, 0.2) is 41.6 Å². The number of methoxy groups -OCH3 is 1. The molecule has 1 atom stereocenters. The summed E-state index contributed by atoms with van der Waals surface area (Å²) in [5.41, 5.74) is 2.87. The molecule has 27 heavy (non-hydrogen) atoms. The van der Waals surface area contributed by atoms with Crippen molar-refractivity contribution in [2.75, 3.05) is 18.7 Å².